The van der Waals surface area contributed by atoms with E-state index in [-0.39, 0.29) is 40.2 Å². The Bertz CT molecular complexity index is 1620. The molecule has 9 nitrogen and oxygen atoms in total. The lowest BCUT2D eigenvalue weighted by molar-refractivity contribution is -0.127. The molecule has 43 heavy (non-hydrogen) atoms. The van der Waals surface area contributed by atoms with Crippen LogP contribution in [0.5, 0.6) is 5.75 Å². The molecule has 3 aromatic rings. The van der Waals surface area contributed by atoms with Gasteiger partial charge in [0, 0.05) is 44.4 Å². The van der Waals surface area contributed by atoms with Crippen LogP contribution in [-0.2, 0) is 33.3 Å². The molecular weight excluding hydrogens is 571 g/mol. The second-order valence-electron chi connectivity index (χ2n) is 12.0. The van der Waals surface area contributed by atoms with E-state index in [9.17, 15) is 22.4 Å². The fourth-order valence-corrected chi connectivity index (χ4v) is 6.31. The molecule has 0 aliphatic carbocycles. The van der Waals surface area contributed by atoms with Crippen LogP contribution in [0.3, 0.4) is 0 Å². The Morgan fingerprint density at radius 3 is 2.42 bits per heavy atom. The zero-order valence-corrected chi connectivity index (χ0v) is 25.5. The van der Waals surface area contributed by atoms with Crippen molar-refractivity contribution in [3.63, 3.8) is 0 Å². The predicted octanol–water partition coefficient (Wildman–Crippen LogP) is 5.86. The highest BCUT2D eigenvalue weighted by Gasteiger charge is 2.26. The molecule has 3 aromatic carbocycles. The van der Waals surface area contributed by atoms with Crippen LogP contribution in [0.15, 0.2) is 65.6 Å². The fraction of sp³-hybridized carbons (Fsp3) is 0.375. The molecule has 0 aromatic heterocycles. The van der Waals surface area contributed by atoms with Gasteiger partial charge in [0.2, 0.25) is 5.91 Å². The lowest BCUT2D eigenvalue weighted by Gasteiger charge is -2.20. The first-order valence-electron chi connectivity index (χ1n) is 14.4. The Labute approximate surface area is 252 Å². The third kappa shape index (κ3) is 7.27. The van der Waals surface area contributed by atoms with E-state index in [0.29, 0.717) is 43.8 Å². The molecule has 3 amide bonds. The zero-order valence-electron chi connectivity index (χ0n) is 24.7. The van der Waals surface area contributed by atoms with Gasteiger partial charge in [0.05, 0.1) is 17.2 Å². The molecule has 5 rings (SSSR count). The molecule has 0 saturated carbocycles. The van der Waals surface area contributed by atoms with Crippen LogP contribution in [0.1, 0.15) is 56.7 Å². The Morgan fingerprint density at radius 2 is 1.74 bits per heavy atom. The third-order valence-electron chi connectivity index (χ3n) is 7.70. The van der Waals surface area contributed by atoms with Gasteiger partial charge in [0.25, 0.3) is 10.0 Å². The Morgan fingerprint density at radius 1 is 1.00 bits per heavy atom. The van der Waals surface area contributed by atoms with Crippen molar-refractivity contribution in [2.75, 3.05) is 29.7 Å². The van der Waals surface area contributed by atoms with Crippen LogP contribution in [0, 0.1) is 5.82 Å². The van der Waals surface area contributed by atoms with E-state index in [4.69, 9.17) is 4.74 Å². The number of hydrogen-bond donors (Lipinski definition) is 2. The number of halogens is 1. The van der Waals surface area contributed by atoms with E-state index in [1.165, 1.54) is 24.3 Å². The van der Waals surface area contributed by atoms with E-state index < -0.39 is 15.8 Å². The number of anilines is 2. The van der Waals surface area contributed by atoms with Crippen molar-refractivity contribution < 1.29 is 27.1 Å². The SMILES string of the molecule is CC(C)(C)c1ccc(NC(=O)N2Cc3ccc(S(=O)(=O)Nc4ccc(OCCCN5CCCC5=O)cc4F)cc3C2)cc1. The molecule has 0 atom stereocenters. The van der Waals surface area contributed by atoms with E-state index in [2.05, 4.69) is 30.8 Å². The highest BCUT2D eigenvalue weighted by molar-refractivity contribution is 7.92. The molecule has 1 fully saturated rings. The van der Waals surface area contributed by atoms with Crippen LogP contribution >= 0.6 is 0 Å². The minimum absolute atomic E-state index is 0.00662. The molecule has 2 N–H and O–H groups in total. The summed E-state index contributed by atoms with van der Waals surface area (Å²) in [6, 6.07) is 16.0. The van der Waals surface area contributed by atoms with Crippen molar-refractivity contribution in [3.05, 3.63) is 83.2 Å². The molecule has 2 heterocycles. The summed E-state index contributed by atoms with van der Waals surface area (Å²) in [6.45, 7) is 8.62. The number of carbonyl (C=O) groups is 2. The van der Waals surface area contributed by atoms with Gasteiger partial charge in [-0.2, -0.15) is 0 Å². The highest BCUT2D eigenvalue weighted by atomic mass is 32.2. The maximum absolute atomic E-state index is 14.8. The second kappa shape index (κ2) is 12.2. The predicted molar refractivity (Wildman–Crippen MR) is 163 cm³/mol. The summed E-state index contributed by atoms with van der Waals surface area (Å²) >= 11 is 0. The quantitative estimate of drug-likeness (QED) is 0.296. The average molecular weight is 609 g/mol. The van der Waals surface area contributed by atoms with Crippen molar-refractivity contribution >= 4 is 33.3 Å². The van der Waals surface area contributed by atoms with Gasteiger partial charge in [-0.1, -0.05) is 39.0 Å². The summed E-state index contributed by atoms with van der Waals surface area (Å²) in [5.41, 5.74) is 3.20. The van der Waals surface area contributed by atoms with Crippen molar-refractivity contribution in [1.29, 1.82) is 0 Å². The standard InChI is InChI=1S/C32H37FN4O5S/c1-32(2,3)24-8-10-25(11-9-24)34-31(39)37-20-22-7-13-27(18-23(22)21-37)43(40,41)35-29-14-12-26(19-28(29)33)42-17-5-16-36-15-4-6-30(36)38/h7-14,18-19,35H,4-6,15-17,20-21H2,1-3H3,(H,34,39). The molecule has 0 radical (unpaired) electrons. The van der Waals surface area contributed by atoms with Crippen molar-refractivity contribution in [1.82, 2.24) is 9.80 Å². The number of rotatable bonds is 9. The molecule has 11 heteroatoms. The van der Waals surface area contributed by atoms with Gasteiger partial charge in [0.1, 0.15) is 5.75 Å². The number of ether oxygens (including phenoxy) is 1. The summed E-state index contributed by atoms with van der Waals surface area (Å²) in [6.07, 6.45) is 2.07. The third-order valence-corrected chi connectivity index (χ3v) is 9.06. The van der Waals surface area contributed by atoms with Gasteiger partial charge in [0.15, 0.2) is 5.82 Å². The van der Waals surface area contributed by atoms with Crippen molar-refractivity contribution in [2.45, 2.75) is 63.4 Å². The van der Waals surface area contributed by atoms with Gasteiger partial charge in [-0.15, -0.1) is 0 Å². The molecule has 1 saturated heterocycles. The molecular formula is C32H37FN4O5S. The summed E-state index contributed by atoms with van der Waals surface area (Å²) in [4.78, 5) is 28.0. The van der Waals surface area contributed by atoms with Crippen LogP contribution in [0.4, 0.5) is 20.6 Å². The van der Waals surface area contributed by atoms with Gasteiger partial charge >= 0.3 is 6.03 Å². The van der Waals surface area contributed by atoms with Crippen molar-refractivity contribution in [2.24, 2.45) is 0 Å². The number of fused-ring (bicyclic) bond motifs is 1. The fourth-order valence-electron chi connectivity index (χ4n) is 5.20. The molecule has 228 valence electrons. The van der Waals surface area contributed by atoms with Crippen LogP contribution in [-0.4, -0.2) is 49.9 Å². The highest BCUT2D eigenvalue weighted by Crippen LogP contribution is 2.29. The second-order valence-corrected chi connectivity index (χ2v) is 13.7. The lowest BCUT2D eigenvalue weighted by atomic mass is 9.87. The van der Waals surface area contributed by atoms with E-state index in [1.807, 2.05) is 24.3 Å². The maximum atomic E-state index is 14.8. The smallest absolute Gasteiger partial charge is 0.322 e. The molecule has 0 spiro atoms. The number of nitrogens with zero attached hydrogens (tertiary/aromatic N) is 2. The van der Waals surface area contributed by atoms with Gasteiger partial charge in [-0.3, -0.25) is 9.52 Å². The minimum atomic E-state index is -4.10. The van der Waals surface area contributed by atoms with Crippen molar-refractivity contribution in [3.8, 4) is 5.75 Å². The molecule has 0 unspecified atom stereocenters. The topological polar surface area (TPSA) is 108 Å². The largest absolute Gasteiger partial charge is 0.493 e. The first-order chi connectivity index (χ1) is 20.4. The van der Waals surface area contributed by atoms with Crippen LogP contribution in [0.25, 0.3) is 0 Å². The summed E-state index contributed by atoms with van der Waals surface area (Å²) < 4.78 is 49.0. The summed E-state index contributed by atoms with van der Waals surface area (Å²) in [5, 5.41) is 2.90. The maximum Gasteiger partial charge on any atom is 0.322 e. The monoisotopic (exact) mass is 608 g/mol. The Balaban J connectivity index is 1.16. The van der Waals surface area contributed by atoms with Crippen LogP contribution < -0.4 is 14.8 Å². The minimum Gasteiger partial charge on any atom is -0.493 e. The Kier molecular flexibility index (Phi) is 8.64. The van der Waals surface area contributed by atoms with Gasteiger partial charge in [-0.25, -0.2) is 17.6 Å². The number of benzene rings is 3. The van der Waals surface area contributed by atoms with Gasteiger partial charge < -0.3 is 19.9 Å². The first-order valence-corrected chi connectivity index (χ1v) is 15.9. The number of hydrogen-bond acceptors (Lipinski definition) is 5. The normalized spacial score (nSPS) is 15.0. The number of urea groups is 1. The number of sulfonamides is 1. The van der Waals surface area contributed by atoms with Crippen LogP contribution in [0.2, 0.25) is 0 Å². The lowest BCUT2D eigenvalue weighted by Crippen LogP contribution is -2.30. The molecule has 2 aliphatic rings. The average Bonchev–Trinajstić information content (AvgIpc) is 3.57. The van der Waals surface area contributed by atoms with E-state index in [1.54, 1.807) is 15.9 Å². The summed E-state index contributed by atoms with van der Waals surface area (Å²) in [5.74, 6) is -0.351. The molecule has 2 aliphatic heterocycles. The first kappa shape index (κ1) is 30.3. The Hall–Kier alpha value is -4.12. The van der Waals surface area contributed by atoms with Gasteiger partial charge in [-0.05, 0) is 71.3 Å². The zero-order chi connectivity index (χ0) is 30.8. The molecule has 0 bridgehead atoms. The van der Waals surface area contributed by atoms with E-state index >= 15 is 0 Å². The number of carbonyl (C=O) groups excluding carboxylic acids is 2. The summed E-state index contributed by atoms with van der Waals surface area (Å²) in [7, 11) is -4.10. The number of amides is 3. The number of likely N-dealkylation sites (tertiary alicyclic amines) is 1. The number of nitrogens with one attached hydrogen (secondary N) is 2. The van der Waals surface area contributed by atoms with E-state index in [0.717, 1.165) is 30.2 Å².